The first-order valence-electron chi connectivity index (χ1n) is 6.25. The number of amides is 1. The van der Waals surface area contributed by atoms with Gasteiger partial charge in [0.15, 0.2) is 5.76 Å². The minimum atomic E-state index is -0.614. The first kappa shape index (κ1) is 13.2. The van der Waals surface area contributed by atoms with E-state index in [2.05, 4.69) is 0 Å². The maximum atomic E-state index is 13.2. The number of hydrogen-bond acceptors (Lipinski definition) is 4. The lowest BCUT2D eigenvalue weighted by atomic mass is 10.1. The molecule has 2 heterocycles. The third-order valence-corrected chi connectivity index (χ3v) is 4.17. The van der Waals surface area contributed by atoms with E-state index in [0.29, 0.717) is 18.5 Å². The van der Waals surface area contributed by atoms with E-state index in [-0.39, 0.29) is 17.1 Å². The molecule has 0 saturated carbocycles. The van der Waals surface area contributed by atoms with Crippen molar-refractivity contribution in [3.63, 3.8) is 0 Å². The molecule has 0 N–H and O–H groups in total. The van der Waals surface area contributed by atoms with Gasteiger partial charge in [-0.15, -0.1) is 0 Å². The summed E-state index contributed by atoms with van der Waals surface area (Å²) in [5.74, 6) is 0.959. The standard InChI is InChI=1S/C14H12FNO3S/c15-10-1-2-11-9(7-10)8-12(19-14(11)18)13(17)16-3-5-20-6-4-16/h1-2,7-8H,3-6H2. The molecule has 1 aliphatic heterocycles. The Balaban J connectivity index is 2.03. The molecular formula is C14H12FNO3S. The molecule has 0 unspecified atom stereocenters. The van der Waals surface area contributed by atoms with Crippen LogP contribution >= 0.6 is 11.8 Å². The number of rotatable bonds is 1. The molecule has 0 aliphatic carbocycles. The van der Waals surface area contributed by atoms with Crippen LogP contribution in [0.5, 0.6) is 0 Å². The molecular weight excluding hydrogens is 281 g/mol. The molecule has 3 rings (SSSR count). The minimum Gasteiger partial charge on any atom is -0.417 e. The summed E-state index contributed by atoms with van der Waals surface area (Å²) in [6.07, 6.45) is 0. The van der Waals surface area contributed by atoms with Crippen molar-refractivity contribution in [2.24, 2.45) is 0 Å². The first-order valence-corrected chi connectivity index (χ1v) is 7.41. The van der Waals surface area contributed by atoms with Crippen LogP contribution in [0.25, 0.3) is 10.8 Å². The smallest absolute Gasteiger partial charge is 0.344 e. The summed E-state index contributed by atoms with van der Waals surface area (Å²) >= 11 is 1.78. The Labute approximate surface area is 118 Å². The van der Waals surface area contributed by atoms with E-state index in [0.717, 1.165) is 11.5 Å². The lowest BCUT2D eigenvalue weighted by molar-refractivity contribution is 0.0736. The number of thioether (sulfide) groups is 1. The summed E-state index contributed by atoms with van der Waals surface area (Å²) in [6.45, 7) is 1.27. The second-order valence-corrected chi connectivity index (χ2v) is 5.76. The highest BCUT2D eigenvalue weighted by Gasteiger charge is 2.21. The summed E-state index contributed by atoms with van der Waals surface area (Å²) in [4.78, 5) is 25.8. The number of benzene rings is 1. The fraction of sp³-hybridized carbons (Fsp3) is 0.286. The SMILES string of the molecule is O=C(c1cc2cc(F)ccc2c(=O)o1)N1CCSCC1. The van der Waals surface area contributed by atoms with Crippen molar-refractivity contribution >= 4 is 28.4 Å². The average molecular weight is 293 g/mol. The molecule has 0 bridgehead atoms. The van der Waals surface area contributed by atoms with Gasteiger partial charge in [-0.2, -0.15) is 11.8 Å². The molecule has 104 valence electrons. The molecule has 1 saturated heterocycles. The lowest BCUT2D eigenvalue weighted by Crippen LogP contribution is -2.38. The van der Waals surface area contributed by atoms with Crippen LogP contribution in [-0.4, -0.2) is 35.4 Å². The predicted molar refractivity (Wildman–Crippen MR) is 75.7 cm³/mol. The Morgan fingerprint density at radius 2 is 2.00 bits per heavy atom. The topological polar surface area (TPSA) is 50.5 Å². The van der Waals surface area contributed by atoms with Gasteiger partial charge in [0, 0.05) is 24.6 Å². The molecule has 4 nitrogen and oxygen atoms in total. The second kappa shape index (κ2) is 5.28. The first-order chi connectivity index (χ1) is 9.65. The van der Waals surface area contributed by atoms with E-state index in [9.17, 15) is 14.0 Å². The van der Waals surface area contributed by atoms with Crippen molar-refractivity contribution in [2.75, 3.05) is 24.6 Å². The number of carbonyl (C=O) groups is 1. The monoisotopic (exact) mass is 293 g/mol. The Morgan fingerprint density at radius 1 is 1.25 bits per heavy atom. The molecule has 1 amide bonds. The highest BCUT2D eigenvalue weighted by Crippen LogP contribution is 2.17. The van der Waals surface area contributed by atoms with Gasteiger partial charge in [0.2, 0.25) is 0 Å². The Hall–Kier alpha value is -1.82. The van der Waals surface area contributed by atoms with Gasteiger partial charge in [-0.05, 0) is 29.7 Å². The number of halogens is 1. The third kappa shape index (κ3) is 2.43. The zero-order valence-corrected chi connectivity index (χ0v) is 11.4. The maximum Gasteiger partial charge on any atom is 0.344 e. The van der Waals surface area contributed by atoms with Gasteiger partial charge in [-0.1, -0.05) is 0 Å². The van der Waals surface area contributed by atoms with Crippen LogP contribution in [0, 0.1) is 5.82 Å². The van der Waals surface area contributed by atoms with Crippen LogP contribution in [0.3, 0.4) is 0 Å². The summed E-state index contributed by atoms with van der Waals surface area (Å²) in [5, 5.41) is 0.660. The quantitative estimate of drug-likeness (QED) is 0.808. The van der Waals surface area contributed by atoms with Gasteiger partial charge in [-0.25, -0.2) is 9.18 Å². The highest BCUT2D eigenvalue weighted by atomic mass is 32.2. The van der Waals surface area contributed by atoms with E-state index in [1.807, 2.05) is 0 Å². The Morgan fingerprint density at radius 3 is 2.75 bits per heavy atom. The highest BCUT2D eigenvalue weighted by molar-refractivity contribution is 7.99. The van der Waals surface area contributed by atoms with Crippen LogP contribution in [-0.2, 0) is 0 Å². The fourth-order valence-electron chi connectivity index (χ4n) is 2.19. The second-order valence-electron chi connectivity index (χ2n) is 4.53. The third-order valence-electron chi connectivity index (χ3n) is 3.23. The van der Waals surface area contributed by atoms with Crippen LogP contribution in [0.2, 0.25) is 0 Å². The summed E-state index contributed by atoms with van der Waals surface area (Å²) in [5.41, 5.74) is -0.614. The normalized spacial score (nSPS) is 15.6. The van der Waals surface area contributed by atoms with Crippen molar-refractivity contribution in [3.05, 3.63) is 46.3 Å². The van der Waals surface area contributed by atoms with E-state index in [1.165, 1.54) is 24.3 Å². The summed E-state index contributed by atoms with van der Waals surface area (Å²) < 4.78 is 18.3. The molecule has 1 aliphatic rings. The van der Waals surface area contributed by atoms with Crippen molar-refractivity contribution in [1.82, 2.24) is 4.90 Å². The van der Waals surface area contributed by atoms with Crippen molar-refractivity contribution in [3.8, 4) is 0 Å². The van der Waals surface area contributed by atoms with Gasteiger partial charge in [0.05, 0.1) is 5.39 Å². The summed E-state index contributed by atoms with van der Waals surface area (Å²) in [6, 6.07) is 5.23. The number of carbonyl (C=O) groups excluding carboxylic acids is 1. The van der Waals surface area contributed by atoms with E-state index in [4.69, 9.17) is 4.42 Å². The summed E-state index contributed by atoms with van der Waals surface area (Å²) in [7, 11) is 0. The molecule has 6 heteroatoms. The van der Waals surface area contributed by atoms with Crippen LogP contribution in [0.15, 0.2) is 33.5 Å². The number of nitrogens with zero attached hydrogens (tertiary/aromatic N) is 1. The van der Waals surface area contributed by atoms with Gasteiger partial charge in [-0.3, -0.25) is 4.79 Å². The van der Waals surface area contributed by atoms with Crippen LogP contribution in [0.1, 0.15) is 10.6 Å². The molecule has 0 spiro atoms. The largest absolute Gasteiger partial charge is 0.417 e. The fourth-order valence-corrected chi connectivity index (χ4v) is 3.10. The molecule has 1 aromatic carbocycles. The average Bonchev–Trinajstić information content (AvgIpc) is 2.46. The van der Waals surface area contributed by atoms with Gasteiger partial charge in [0.1, 0.15) is 5.82 Å². The molecule has 20 heavy (non-hydrogen) atoms. The zero-order valence-electron chi connectivity index (χ0n) is 10.6. The van der Waals surface area contributed by atoms with Crippen LogP contribution < -0.4 is 5.63 Å². The Bertz CT molecular complexity index is 722. The molecule has 0 atom stereocenters. The van der Waals surface area contributed by atoms with E-state index in [1.54, 1.807) is 16.7 Å². The Kier molecular flexibility index (Phi) is 3.48. The van der Waals surface area contributed by atoms with Crippen LogP contribution in [0.4, 0.5) is 4.39 Å². The van der Waals surface area contributed by atoms with E-state index < -0.39 is 11.4 Å². The molecule has 2 aromatic rings. The maximum absolute atomic E-state index is 13.2. The molecule has 0 radical (unpaired) electrons. The zero-order chi connectivity index (χ0) is 14.1. The minimum absolute atomic E-state index is 0.0278. The number of fused-ring (bicyclic) bond motifs is 1. The van der Waals surface area contributed by atoms with Gasteiger partial charge in [0.25, 0.3) is 5.91 Å². The predicted octanol–water partition coefficient (Wildman–Crippen LogP) is 2.12. The van der Waals surface area contributed by atoms with Crippen molar-refractivity contribution < 1.29 is 13.6 Å². The van der Waals surface area contributed by atoms with Crippen molar-refractivity contribution in [1.29, 1.82) is 0 Å². The molecule has 1 aromatic heterocycles. The van der Waals surface area contributed by atoms with E-state index >= 15 is 0 Å². The van der Waals surface area contributed by atoms with Crippen molar-refractivity contribution in [2.45, 2.75) is 0 Å². The lowest BCUT2D eigenvalue weighted by Gasteiger charge is -2.25. The number of hydrogen-bond donors (Lipinski definition) is 0. The molecule has 1 fully saturated rings. The van der Waals surface area contributed by atoms with Gasteiger partial charge >= 0.3 is 5.63 Å². The van der Waals surface area contributed by atoms with Gasteiger partial charge < -0.3 is 9.32 Å².